The highest BCUT2D eigenvalue weighted by Crippen LogP contribution is 2.23. The Balaban J connectivity index is 1.93. The van der Waals surface area contributed by atoms with Gasteiger partial charge in [0.05, 0.1) is 10.2 Å². The van der Waals surface area contributed by atoms with E-state index >= 15 is 0 Å². The zero-order valence-corrected chi connectivity index (χ0v) is 13.3. The van der Waals surface area contributed by atoms with Gasteiger partial charge in [0.1, 0.15) is 11.3 Å². The number of thiophene rings is 1. The lowest BCUT2D eigenvalue weighted by Crippen LogP contribution is -2.05. The predicted molar refractivity (Wildman–Crippen MR) is 84.9 cm³/mol. The molecule has 20 heavy (non-hydrogen) atoms. The average molecular weight is 326 g/mol. The summed E-state index contributed by atoms with van der Waals surface area (Å²) in [6, 6.07) is 6.03. The van der Waals surface area contributed by atoms with Gasteiger partial charge in [-0.15, -0.1) is 22.9 Å². The van der Waals surface area contributed by atoms with Gasteiger partial charge in [-0.3, -0.25) is 0 Å². The Morgan fingerprint density at radius 2 is 2.20 bits per heavy atom. The normalized spacial score (nSPS) is 11.3. The van der Waals surface area contributed by atoms with Gasteiger partial charge in [0.25, 0.3) is 0 Å². The molecule has 3 heterocycles. The minimum atomic E-state index is 0.389. The molecule has 0 bridgehead atoms. The van der Waals surface area contributed by atoms with Crippen LogP contribution in [0.1, 0.15) is 16.3 Å². The van der Waals surface area contributed by atoms with E-state index in [1.165, 1.54) is 4.88 Å². The molecule has 104 valence electrons. The molecule has 0 N–H and O–H groups in total. The van der Waals surface area contributed by atoms with Crippen LogP contribution in [0.3, 0.4) is 0 Å². The second-order valence-corrected chi connectivity index (χ2v) is 6.69. The lowest BCUT2D eigenvalue weighted by atomic mass is 10.3. The maximum atomic E-state index is 6.00. The first-order valence-electron chi connectivity index (χ1n) is 6.29. The van der Waals surface area contributed by atoms with Gasteiger partial charge in [-0.25, -0.2) is 9.97 Å². The van der Waals surface area contributed by atoms with Gasteiger partial charge in [0, 0.05) is 17.6 Å². The fourth-order valence-corrected chi connectivity index (χ4v) is 3.48. The number of pyridine rings is 1. The van der Waals surface area contributed by atoms with Crippen LogP contribution in [-0.2, 0) is 18.8 Å². The van der Waals surface area contributed by atoms with E-state index in [0.29, 0.717) is 5.88 Å². The minimum absolute atomic E-state index is 0.389. The molecule has 0 aliphatic heterocycles. The number of hydrogen-bond acceptors (Lipinski definition) is 3. The number of nitrogens with zero attached hydrogens (tertiary/aromatic N) is 3. The summed E-state index contributed by atoms with van der Waals surface area (Å²) in [6.07, 6.45) is 2.77. The van der Waals surface area contributed by atoms with Crippen molar-refractivity contribution in [1.29, 1.82) is 0 Å². The smallest absolute Gasteiger partial charge is 0.160 e. The molecule has 3 aromatic heterocycles. The van der Waals surface area contributed by atoms with E-state index in [0.717, 1.165) is 39.9 Å². The molecule has 3 nitrogen and oxygen atoms in total. The second-order valence-electron chi connectivity index (χ2n) is 4.62. The van der Waals surface area contributed by atoms with Crippen LogP contribution in [0.25, 0.3) is 11.2 Å². The fraction of sp³-hybridized carbons (Fsp3) is 0.286. The molecule has 0 aromatic carbocycles. The first-order chi connectivity index (χ1) is 9.67. The third kappa shape index (κ3) is 2.68. The Kier molecular flexibility index (Phi) is 3.96. The summed E-state index contributed by atoms with van der Waals surface area (Å²) in [4.78, 5) is 10.3. The zero-order chi connectivity index (χ0) is 14.1. The van der Waals surface area contributed by atoms with Crippen molar-refractivity contribution in [2.75, 3.05) is 0 Å². The molecule has 0 amide bonds. The van der Waals surface area contributed by atoms with Crippen molar-refractivity contribution in [1.82, 2.24) is 14.5 Å². The Hall–Kier alpha value is -1.10. The molecule has 3 rings (SSSR count). The molecule has 0 aliphatic carbocycles. The fourth-order valence-electron chi connectivity index (χ4n) is 2.20. The summed E-state index contributed by atoms with van der Waals surface area (Å²) >= 11 is 13.6. The Bertz CT molecular complexity index is 748. The number of fused-ring (bicyclic) bond motifs is 1. The lowest BCUT2D eigenvalue weighted by Gasteiger charge is -2.05. The van der Waals surface area contributed by atoms with E-state index < -0.39 is 0 Å². The average Bonchev–Trinajstić information content (AvgIpc) is 2.99. The van der Waals surface area contributed by atoms with E-state index in [-0.39, 0.29) is 0 Å². The first kappa shape index (κ1) is 13.9. The largest absolute Gasteiger partial charge is 0.311 e. The van der Waals surface area contributed by atoms with Gasteiger partial charge in [0.2, 0.25) is 0 Å². The molecule has 0 fully saturated rings. The topological polar surface area (TPSA) is 30.7 Å². The Morgan fingerprint density at radius 1 is 1.35 bits per heavy atom. The molecular formula is C14H13Cl2N3S. The van der Waals surface area contributed by atoms with Crippen molar-refractivity contribution < 1.29 is 0 Å². The first-order valence-corrected chi connectivity index (χ1v) is 8.02. The van der Waals surface area contributed by atoms with Crippen molar-refractivity contribution in [2.45, 2.75) is 25.8 Å². The highest BCUT2D eigenvalue weighted by molar-refractivity contribution is 7.16. The summed E-state index contributed by atoms with van der Waals surface area (Å²) in [5.41, 5.74) is 2.91. The van der Waals surface area contributed by atoms with Gasteiger partial charge in [0.15, 0.2) is 5.65 Å². The van der Waals surface area contributed by atoms with Gasteiger partial charge < -0.3 is 4.57 Å². The highest BCUT2D eigenvalue weighted by Gasteiger charge is 2.11. The van der Waals surface area contributed by atoms with Gasteiger partial charge >= 0.3 is 0 Å². The molecule has 0 atom stereocenters. The summed E-state index contributed by atoms with van der Waals surface area (Å²) in [6.45, 7) is 2.82. The van der Waals surface area contributed by atoms with Crippen LogP contribution in [0, 0.1) is 6.92 Å². The van der Waals surface area contributed by atoms with E-state index in [2.05, 4.69) is 20.6 Å². The van der Waals surface area contributed by atoms with Crippen LogP contribution >= 0.6 is 34.5 Å². The van der Waals surface area contributed by atoms with Gasteiger partial charge in [-0.05, 0) is 37.1 Å². The number of halogens is 2. The summed E-state index contributed by atoms with van der Waals surface area (Å²) < 4.78 is 2.91. The lowest BCUT2D eigenvalue weighted by molar-refractivity contribution is 0.687. The second kappa shape index (κ2) is 5.72. The number of hydrogen-bond donors (Lipinski definition) is 0. The van der Waals surface area contributed by atoms with E-state index in [1.807, 2.05) is 25.3 Å². The maximum Gasteiger partial charge on any atom is 0.160 e. The molecule has 0 saturated heterocycles. The number of aryl methyl sites for hydroxylation is 3. The molecule has 0 aliphatic rings. The monoisotopic (exact) mass is 325 g/mol. The van der Waals surface area contributed by atoms with Crippen LogP contribution in [0.4, 0.5) is 0 Å². The Labute approximate surface area is 131 Å². The summed E-state index contributed by atoms with van der Waals surface area (Å²) in [7, 11) is 0. The van der Waals surface area contributed by atoms with Crippen molar-refractivity contribution in [2.24, 2.45) is 0 Å². The highest BCUT2D eigenvalue weighted by atomic mass is 35.5. The molecule has 3 aromatic rings. The van der Waals surface area contributed by atoms with Crippen molar-refractivity contribution in [3.63, 3.8) is 0 Å². The standard InChI is InChI=1S/C14H13Cl2N3S/c1-9-6-11-14(17-8-9)19(13(7-15)18-11)5-4-10-2-3-12(16)20-10/h2-3,6,8H,4-5,7H2,1H3. The van der Waals surface area contributed by atoms with Crippen LogP contribution < -0.4 is 0 Å². The number of rotatable bonds is 4. The van der Waals surface area contributed by atoms with Crippen molar-refractivity contribution in [3.05, 3.63) is 45.0 Å². The van der Waals surface area contributed by atoms with Gasteiger partial charge in [-0.2, -0.15) is 0 Å². The van der Waals surface area contributed by atoms with Crippen LogP contribution in [0.15, 0.2) is 24.4 Å². The van der Waals surface area contributed by atoms with Crippen LogP contribution in [0.5, 0.6) is 0 Å². The van der Waals surface area contributed by atoms with Crippen LogP contribution in [0.2, 0.25) is 4.34 Å². The minimum Gasteiger partial charge on any atom is -0.311 e. The molecular weight excluding hydrogens is 313 g/mol. The number of alkyl halides is 1. The SMILES string of the molecule is Cc1cnc2c(c1)nc(CCl)n2CCc1ccc(Cl)s1. The molecule has 0 saturated carbocycles. The molecule has 0 unspecified atom stereocenters. The molecule has 6 heteroatoms. The number of imidazole rings is 1. The molecule has 0 spiro atoms. The maximum absolute atomic E-state index is 6.00. The quantitative estimate of drug-likeness (QED) is 0.664. The van der Waals surface area contributed by atoms with E-state index in [4.69, 9.17) is 23.2 Å². The van der Waals surface area contributed by atoms with Crippen molar-refractivity contribution >= 4 is 45.7 Å². The summed E-state index contributed by atoms with van der Waals surface area (Å²) in [5, 5.41) is 0. The molecule has 0 radical (unpaired) electrons. The van der Waals surface area contributed by atoms with E-state index in [1.54, 1.807) is 11.3 Å². The zero-order valence-electron chi connectivity index (χ0n) is 10.9. The third-order valence-electron chi connectivity index (χ3n) is 3.13. The third-order valence-corrected chi connectivity index (χ3v) is 4.66. The van der Waals surface area contributed by atoms with Gasteiger partial charge in [-0.1, -0.05) is 11.6 Å². The Morgan fingerprint density at radius 3 is 2.90 bits per heavy atom. The van der Waals surface area contributed by atoms with Crippen molar-refractivity contribution in [3.8, 4) is 0 Å². The summed E-state index contributed by atoms with van der Waals surface area (Å²) in [5.74, 6) is 1.25. The number of aromatic nitrogens is 3. The van der Waals surface area contributed by atoms with Crippen LogP contribution in [-0.4, -0.2) is 14.5 Å². The predicted octanol–water partition coefficient (Wildman–Crippen LogP) is 4.44. The van der Waals surface area contributed by atoms with E-state index in [9.17, 15) is 0 Å².